The van der Waals surface area contributed by atoms with Crippen LogP contribution in [0, 0.1) is 13.8 Å². The van der Waals surface area contributed by atoms with Crippen LogP contribution in [0.4, 0.5) is 0 Å². The zero-order chi connectivity index (χ0) is 19.8. The first-order valence-electron chi connectivity index (χ1n) is 8.93. The van der Waals surface area contributed by atoms with E-state index in [-0.39, 0.29) is 0 Å². The lowest BCUT2D eigenvalue weighted by atomic mass is 10.0. The van der Waals surface area contributed by atoms with Gasteiger partial charge in [0, 0.05) is 16.9 Å². The Kier molecular flexibility index (Phi) is 5.44. The minimum absolute atomic E-state index is 0.488. The minimum atomic E-state index is -0.790. The number of aliphatic hydroxyl groups is 1. The SMILES string of the molecule is COc1cc([C@@H](O)CCc2nc(C3(C(=O)O)CC3)c(C)s2)cc(OC)c1C. The van der Waals surface area contributed by atoms with Crippen LogP contribution < -0.4 is 9.47 Å². The molecule has 0 unspecified atom stereocenters. The van der Waals surface area contributed by atoms with Gasteiger partial charge in [0.1, 0.15) is 16.9 Å². The second kappa shape index (κ2) is 7.48. The maximum Gasteiger partial charge on any atom is 0.315 e. The number of thiazole rings is 1. The summed E-state index contributed by atoms with van der Waals surface area (Å²) < 4.78 is 10.7. The van der Waals surface area contributed by atoms with Crippen molar-refractivity contribution >= 4 is 17.3 Å². The number of methoxy groups -OCH3 is 2. The zero-order valence-corrected chi connectivity index (χ0v) is 16.9. The molecular weight excluding hydrogens is 366 g/mol. The first-order chi connectivity index (χ1) is 12.8. The molecule has 0 spiro atoms. The van der Waals surface area contributed by atoms with Crippen molar-refractivity contribution in [2.24, 2.45) is 0 Å². The third-order valence-corrected chi connectivity index (χ3v) is 6.28. The molecule has 6 nitrogen and oxygen atoms in total. The number of rotatable bonds is 8. The summed E-state index contributed by atoms with van der Waals surface area (Å²) in [7, 11) is 3.18. The number of aliphatic hydroxyl groups excluding tert-OH is 1. The highest BCUT2D eigenvalue weighted by molar-refractivity contribution is 7.11. The Bertz CT molecular complexity index is 831. The van der Waals surface area contributed by atoms with Crippen molar-refractivity contribution in [3.05, 3.63) is 38.8 Å². The predicted molar refractivity (Wildman–Crippen MR) is 103 cm³/mol. The lowest BCUT2D eigenvalue weighted by molar-refractivity contribution is -0.140. The number of ether oxygens (including phenoxy) is 2. The van der Waals surface area contributed by atoms with Gasteiger partial charge in [-0.1, -0.05) is 0 Å². The van der Waals surface area contributed by atoms with Crippen LogP contribution in [0.1, 0.15) is 52.1 Å². The standard InChI is InChI=1S/C20H25NO5S/c1-11-15(25-3)9-13(10-16(11)26-4)14(22)5-6-17-21-18(12(2)27-17)20(7-8-20)19(23)24/h9-10,14,22H,5-8H2,1-4H3,(H,23,24)/t14-/m0/s1. The van der Waals surface area contributed by atoms with Crippen LogP contribution in [0.5, 0.6) is 11.5 Å². The van der Waals surface area contributed by atoms with Crippen molar-refractivity contribution < 1.29 is 24.5 Å². The molecule has 1 aliphatic carbocycles. The summed E-state index contributed by atoms with van der Waals surface area (Å²) in [4.78, 5) is 17.1. The number of aryl methyl sites for hydroxylation is 2. The molecule has 146 valence electrons. The predicted octanol–water partition coefficient (Wildman–Crippen LogP) is 3.56. The number of hydrogen-bond acceptors (Lipinski definition) is 6. The van der Waals surface area contributed by atoms with Crippen LogP contribution in [0.25, 0.3) is 0 Å². The first kappa shape index (κ1) is 19.6. The number of carbonyl (C=O) groups is 1. The lowest BCUT2D eigenvalue weighted by Crippen LogP contribution is -2.20. The van der Waals surface area contributed by atoms with E-state index >= 15 is 0 Å². The Labute approximate surface area is 162 Å². The number of benzene rings is 1. The lowest BCUT2D eigenvalue weighted by Gasteiger charge is -2.16. The second-order valence-electron chi connectivity index (χ2n) is 7.00. The van der Waals surface area contributed by atoms with Gasteiger partial charge in [-0.05, 0) is 50.8 Å². The summed E-state index contributed by atoms with van der Waals surface area (Å²) >= 11 is 1.52. The van der Waals surface area contributed by atoms with E-state index in [2.05, 4.69) is 4.98 Å². The number of nitrogens with zero attached hydrogens (tertiary/aromatic N) is 1. The van der Waals surface area contributed by atoms with Crippen LogP contribution in [0.3, 0.4) is 0 Å². The summed E-state index contributed by atoms with van der Waals surface area (Å²) in [6.45, 7) is 3.83. The Morgan fingerprint density at radius 3 is 2.33 bits per heavy atom. The van der Waals surface area contributed by atoms with Crippen molar-refractivity contribution in [3.8, 4) is 11.5 Å². The number of carboxylic acids is 1. The van der Waals surface area contributed by atoms with Crippen molar-refractivity contribution in [2.45, 2.75) is 51.0 Å². The van der Waals surface area contributed by atoms with E-state index in [1.807, 2.05) is 26.0 Å². The molecule has 1 aromatic heterocycles. The molecule has 1 fully saturated rings. The molecule has 1 heterocycles. The molecule has 3 rings (SSSR count). The molecule has 27 heavy (non-hydrogen) atoms. The van der Waals surface area contributed by atoms with Crippen LogP contribution in [-0.4, -0.2) is 35.4 Å². The molecule has 1 atom stereocenters. The monoisotopic (exact) mass is 391 g/mol. The maximum atomic E-state index is 11.5. The average molecular weight is 391 g/mol. The molecule has 7 heteroatoms. The van der Waals surface area contributed by atoms with Gasteiger partial charge in [0.15, 0.2) is 0 Å². The van der Waals surface area contributed by atoms with Gasteiger partial charge in [-0.3, -0.25) is 4.79 Å². The molecule has 1 aliphatic rings. The van der Waals surface area contributed by atoms with Crippen LogP contribution >= 0.6 is 11.3 Å². The van der Waals surface area contributed by atoms with E-state index < -0.39 is 17.5 Å². The molecule has 2 aromatic rings. The van der Waals surface area contributed by atoms with E-state index in [4.69, 9.17) is 9.47 Å². The zero-order valence-electron chi connectivity index (χ0n) is 16.0. The van der Waals surface area contributed by atoms with E-state index in [0.717, 1.165) is 21.0 Å². The summed E-state index contributed by atoms with van der Waals surface area (Å²) in [6.07, 6.45) is 1.69. The molecule has 0 aliphatic heterocycles. The van der Waals surface area contributed by atoms with Gasteiger partial charge in [-0.15, -0.1) is 11.3 Å². The summed E-state index contributed by atoms with van der Waals surface area (Å²) in [5.74, 6) is 0.558. The average Bonchev–Trinajstić information content (AvgIpc) is 3.37. The number of aliphatic carboxylic acids is 1. The first-order valence-corrected chi connectivity index (χ1v) is 9.74. The fourth-order valence-electron chi connectivity index (χ4n) is 3.40. The van der Waals surface area contributed by atoms with Gasteiger partial charge in [0.25, 0.3) is 0 Å². The molecule has 0 bridgehead atoms. The Morgan fingerprint density at radius 2 is 1.85 bits per heavy atom. The van der Waals surface area contributed by atoms with Gasteiger partial charge in [-0.2, -0.15) is 0 Å². The summed E-state index contributed by atoms with van der Waals surface area (Å²) in [6, 6.07) is 3.65. The smallest absolute Gasteiger partial charge is 0.315 e. The van der Waals surface area contributed by atoms with Crippen LogP contribution in [0.2, 0.25) is 0 Å². The topological polar surface area (TPSA) is 88.9 Å². The Hall–Kier alpha value is -2.12. The second-order valence-corrected chi connectivity index (χ2v) is 8.29. The Balaban J connectivity index is 1.73. The third-order valence-electron chi connectivity index (χ3n) is 5.24. The number of hydrogen-bond donors (Lipinski definition) is 2. The molecule has 1 aromatic carbocycles. The van der Waals surface area contributed by atoms with Crippen LogP contribution in [-0.2, 0) is 16.6 Å². The van der Waals surface area contributed by atoms with Crippen molar-refractivity contribution in [3.63, 3.8) is 0 Å². The van der Waals surface area contributed by atoms with E-state index in [9.17, 15) is 15.0 Å². The quantitative estimate of drug-likeness (QED) is 0.715. The molecule has 0 radical (unpaired) electrons. The van der Waals surface area contributed by atoms with Gasteiger partial charge in [0.2, 0.25) is 0 Å². The minimum Gasteiger partial charge on any atom is -0.496 e. The highest BCUT2D eigenvalue weighted by Gasteiger charge is 2.54. The normalized spacial score (nSPS) is 16.0. The van der Waals surface area contributed by atoms with Gasteiger partial charge in [-0.25, -0.2) is 4.98 Å². The third kappa shape index (κ3) is 3.66. The number of carboxylic acid groups (broad SMARTS) is 1. The number of aromatic nitrogens is 1. The van der Waals surface area contributed by atoms with Crippen LogP contribution in [0.15, 0.2) is 12.1 Å². The highest BCUT2D eigenvalue weighted by Crippen LogP contribution is 2.50. The Morgan fingerprint density at radius 1 is 1.26 bits per heavy atom. The fraction of sp³-hybridized carbons (Fsp3) is 0.500. The van der Waals surface area contributed by atoms with E-state index in [1.54, 1.807) is 14.2 Å². The van der Waals surface area contributed by atoms with Crippen molar-refractivity contribution in [2.75, 3.05) is 14.2 Å². The highest BCUT2D eigenvalue weighted by atomic mass is 32.1. The fourth-order valence-corrected chi connectivity index (χ4v) is 4.45. The molecule has 0 saturated heterocycles. The summed E-state index contributed by atoms with van der Waals surface area (Å²) in [5.41, 5.74) is 1.53. The molecule has 1 saturated carbocycles. The van der Waals surface area contributed by atoms with Crippen molar-refractivity contribution in [1.29, 1.82) is 0 Å². The van der Waals surface area contributed by atoms with E-state index in [1.165, 1.54) is 11.3 Å². The van der Waals surface area contributed by atoms with E-state index in [0.29, 0.717) is 42.9 Å². The van der Waals surface area contributed by atoms with Gasteiger partial charge in [0.05, 0.1) is 31.0 Å². The molecular formula is C20H25NO5S. The maximum absolute atomic E-state index is 11.5. The molecule has 2 N–H and O–H groups in total. The summed E-state index contributed by atoms with van der Waals surface area (Å²) in [5, 5.41) is 21.0. The van der Waals surface area contributed by atoms with Crippen molar-refractivity contribution in [1.82, 2.24) is 4.98 Å². The van der Waals surface area contributed by atoms with Gasteiger partial charge < -0.3 is 19.7 Å². The largest absolute Gasteiger partial charge is 0.496 e. The van der Waals surface area contributed by atoms with Gasteiger partial charge >= 0.3 is 5.97 Å². The molecule has 0 amide bonds.